The predicted molar refractivity (Wildman–Crippen MR) is 69.5 cm³/mol. The Hall–Kier alpha value is -1.52. The lowest BCUT2D eigenvalue weighted by Gasteiger charge is -2.06. The molecule has 0 spiro atoms. The quantitative estimate of drug-likeness (QED) is 0.811. The Morgan fingerprint density at radius 2 is 2.00 bits per heavy atom. The molecular formula is C12H10Cl2N2O2. The Kier molecular flexibility index (Phi) is 3.89. The Labute approximate surface area is 114 Å². The van der Waals surface area contributed by atoms with Crippen LogP contribution in [0.3, 0.4) is 0 Å². The van der Waals surface area contributed by atoms with Gasteiger partial charge in [-0.15, -0.1) is 5.10 Å². The fourth-order valence-electron chi connectivity index (χ4n) is 1.34. The zero-order valence-electron chi connectivity index (χ0n) is 9.51. The summed E-state index contributed by atoms with van der Waals surface area (Å²) in [5.41, 5.74) is 0.846. The molecule has 1 unspecified atom stereocenters. The molecule has 0 saturated heterocycles. The molecule has 0 saturated carbocycles. The van der Waals surface area contributed by atoms with Crippen molar-refractivity contribution in [2.75, 3.05) is 0 Å². The molecule has 0 aliphatic heterocycles. The monoisotopic (exact) mass is 284 g/mol. The molecule has 0 aliphatic rings. The molecule has 94 valence electrons. The van der Waals surface area contributed by atoms with Crippen LogP contribution in [0.2, 0.25) is 5.02 Å². The molecule has 6 heteroatoms. The summed E-state index contributed by atoms with van der Waals surface area (Å²) in [6, 6.07) is 8.85. The Morgan fingerprint density at radius 3 is 2.61 bits per heavy atom. The van der Waals surface area contributed by atoms with Gasteiger partial charge < -0.3 is 4.74 Å². The van der Waals surface area contributed by atoms with Gasteiger partial charge in [0.1, 0.15) is 0 Å². The van der Waals surface area contributed by atoms with Crippen molar-refractivity contribution in [3.8, 4) is 11.6 Å². The molecule has 1 heterocycles. The fraction of sp³-hybridized carbons (Fsp3) is 0.167. The molecule has 1 aromatic heterocycles. The highest BCUT2D eigenvalue weighted by Gasteiger charge is 2.13. The van der Waals surface area contributed by atoms with Crippen molar-refractivity contribution in [2.45, 2.75) is 13.0 Å². The van der Waals surface area contributed by atoms with E-state index in [1.165, 1.54) is 0 Å². The highest BCUT2D eigenvalue weighted by Crippen LogP contribution is 2.16. The van der Waals surface area contributed by atoms with Gasteiger partial charge in [-0.1, -0.05) is 11.6 Å². The maximum absolute atomic E-state index is 10.9. The lowest BCUT2D eigenvalue weighted by molar-refractivity contribution is -0.117. The molecule has 2 aromatic rings. The number of halogens is 2. The predicted octanol–water partition coefficient (Wildman–Crippen LogP) is 3.06. The third-order valence-electron chi connectivity index (χ3n) is 2.27. The number of aromatic nitrogens is 2. The highest BCUT2D eigenvalue weighted by molar-refractivity contribution is 6.64. The molecule has 4 nitrogen and oxygen atoms in total. The van der Waals surface area contributed by atoms with Gasteiger partial charge in [-0.05, 0) is 42.8 Å². The first-order chi connectivity index (χ1) is 8.56. The van der Waals surface area contributed by atoms with E-state index in [2.05, 4.69) is 5.10 Å². The van der Waals surface area contributed by atoms with Crippen LogP contribution in [0.4, 0.5) is 0 Å². The fourth-order valence-corrected chi connectivity index (χ4v) is 1.51. The Balaban J connectivity index is 2.15. The molecule has 0 fully saturated rings. The number of nitrogens with zero attached hydrogens (tertiary/aromatic N) is 2. The van der Waals surface area contributed by atoms with E-state index in [0.717, 1.165) is 5.69 Å². The number of hydrogen-bond acceptors (Lipinski definition) is 3. The molecule has 0 aliphatic carbocycles. The van der Waals surface area contributed by atoms with E-state index in [0.29, 0.717) is 10.9 Å². The van der Waals surface area contributed by atoms with Crippen LogP contribution in [0.5, 0.6) is 5.88 Å². The summed E-state index contributed by atoms with van der Waals surface area (Å²) in [5.74, 6) is 0.339. The van der Waals surface area contributed by atoms with E-state index in [1.807, 2.05) is 12.1 Å². The van der Waals surface area contributed by atoms with Crippen molar-refractivity contribution in [1.29, 1.82) is 0 Å². The van der Waals surface area contributed by atoms with Crippen molar-refractivity contribution in [2.24, 2.45) is 0 Å². The van der Waals surface area contributed by atoms with Crippen molar-refractivity contribution in [1.82, 2.24) is 9.78 Å². The average Bonchev–Trinajstić information content (AvgIpc) is 2.78. The molecule has 2 rings (SSSR count). The number of ether oxygens (including phenoxy) is 1. The topological polar surface area (TPSA) is 44.1 Å². The lowest BCUT2D eigenvalue weighted by Crippen LogP contribution is -2.19. The minimum absolute atomic E-state index is 0.339. The maximum Gasteiger partial charge on any atom is 0.262 e. The van der Waals surface area contributed by atoms with Crippen molar-refractivity contribution in [3.63, 3.8) is 0 Å². The highest BCUT2D eigenvalue weighted by atomic mass is 35.5. The molecule has 0 N–H and O–H groups in total. The van der Waals surface area contributed by atoms with Crippen LogP contribution in [0.25, 0.3) is 5.69 Å². The largest absolute Gasteiger partial charge is 0.464 e. The SMILES string of the molecule is CC(Oc1ccn(-c2ccc(Cl)cc2)n1)C(=O)Cl. The van der Waals surface area contributed by atoms with Crippen LogP contribution in [-0.4, -0.2) is 21.1 Å². The van der Waals surface area contributed by atoms with Gasteiger partial charge in [0.15, 0.2) is 6.10 Å². The van der Waals surface area contributed by atoms with Crippen LogP contribution in [-0.2, 0) is 4.79 Å². The van der Waals surface area contributed by atoms with E-state index in [1.54, 1.807) is 36.0 Å². The molecule has 0 bridgehead atoms. The third kappa shape index (κ3) is 3.03. The maximum atomic E-state index is 10.9. The summed E-state index contributed by atoms with van der Waals surface area (Å²) in [5, 5.41) is 4.27. The van der Waals surface area contributed by atoms with Crippen molar-refractivity contribution < 1.29 is 9.53 Å². The third-order valence-corrected chi connectivity index (χ3v) is 2.83. The second-order valence-electron chi connectivity index (χ2n) is 3.64. The summed E-state index contributed by atoms with van der Waals surface area (Å²) in [7, 11) is 0. The van der Waals surface area contributed by atoms with E-state index in [4.69, 9.17) is 27.9 Å². The minimum atomic E-state index is -0.722. The van der Waals surface area contributed by atoms with Gasteiger partial charge in [-0.2, -0.15) is 0 Å². The molecule has 18 heavy (non-hydrogen) atoms. The van der Waals surface area contributed by atoms with Crippen LogP contribution < -0.4 is 4.74 Å². The van der Waals surface area contributed by atoms with Gasteiger partial charge in [0, 0.05) is 17.3 Å². The van der Waals surface area contributed by atoms with Gasteiger partial charge in [-0.25, -0.2) is 4.68 Å². The molecular weight excluding hydrogens is 275 g/mol. The minimum Gasteiger partial charge on any atom is -0.464 e. The number of benzene rings is 1. The second-order valence-corrected chi connectivity index (χ2v) is 4.45. The van der Waals surface area contributed by atoms with E-state index in [9.17, 15) is 4.79 Å². The number of carbonyl (C=O) groups is 1. The standard InChI is InChI=1S/C12H10Cl2N2O2/c1-8(12(14)17)18-11-6-7-16(15-11)10-4-2-9(13)3-5-10/h2-8H,1H3. The van der Waals surface area contributed by atoms with Crippen LogP contribution in [0, 0.1) is 0 Å². The summed E-state index contributed by atoms with van der Waals surface area (Å²) in [4.78, 5) is 10.9. The number of hydrogen-bond donors (Lipinski definition) is 0. The van der Waals surface area contributed by atoms with Crippen LogP contribution in [0.1, 0.15) is 6.92 Å². The summed E-state index contributed by atoms with van der Waals surface area (Å²) >= 11 is 11.1. The first kappa shape index (κ1) is 12.9. The number of carbonyl (C=O) groups excluding carboxylic acids is 1. The molecule has 1 aromatic carbocycles. The van der Waals surface area contributed by atoms with Crippen LogP contribution >= 0.6 is 23.2 Å². The van der Waals surface area contributed by atoms with Gasteiger partial charge in [-0.3, -0.25) is 4.79 Å². The zero-order valence-corrected chi connectivity index (χ0v) is 11.0. The zero-order chi connectivity index (χ0) is 13.1. The summed E-state index contributed by atoms with van der Waals surface area (Å²) in [6.45, 7) is 1.57. The van der Waals surface area contributed by atoms with Crippen LogP contribution in [0.15, 0.2) is 36.5 Å². The molecule has 0 amide bonds. The van der Waals surface area contributed by atoms with Gasteiger partial charge in [0.2, 0.25) is 5.88 Å². The van der Waals surface area contributed by atoms with Gasteiger partial charge >= 0.3 is 0 Å². The summed E-state index contributed by atoms with van der Waals surface area (Å²) < 4.78 is 6.88. The normalized spacial score (nSPS) is 12.2. The van der Waals surface area contributed by atoms with Gasteiger partial charge in [0.05, 0.1) is 5.69 Å². The average molecular weight is 285 g/mol. The number of rotatable bonds is 4. The van der Waals surface area contributed by atoms with Crippen molar-refractivity contribution >= 4 is 28.4 Å². The molecule has 0 radical (unpaired) electrons. The first-order valence-corrected chi connectivity index (χ1v) is 5.99. The smallest absolute Gasteiger partial charge is 0.262 e. The second kappa shape index (κ2) is 5.42. The molecule has 1 atom stereocenters. The van der Waals surface area contributed by atoms with E-state index >= 15 is 0 Å². The van der Waals surface area contributed by atoms with E-state index in [-0.39, 0.29) is 0 Å². The van der Waals surface area contributed by atoms with Crippen molar-refractivity contribution in [3.05, 3.63) is 41.6 Å². The lowest BCUT2D eigenvalue weighted by atomic mass is 10.3. The Morgan fingerprint density at radius 1 is 1.33 bits per heavy atom. The Bertz CT molecular complexity index is 551. The first-order valence-electron chi connectivity index (χ1n) is 5.24. The van der Waals surface area contributed by atoms with Gasteiger partial charge in [0.25, 0.3) is 5.24 Å². The van der Waals surface area contributed by atoms with E-state index < -0.39 is 11.3 Å². The summed E-state index contributed by atoms with van der Waals surface area (Å²) in [6.07, 6.45) is 1.00.